The molecular weight excluding hydrogens is 367 g/mol. The van der Waals surface area contributed by atoms with Gasteiger partial charge in [-0.1, -0.05) is 18.2 Å². The molecule has 0 amide bonds. The zero-order valence-electron chi connectivity index (χ0n) is 14.5. The van der Waals surface area contributed by atoms with Crippen LogP contribution in [-0.2, 0) is 9.84 Å². The molecule has 1 aromatic heterocycles. The summed E-state index contributed by atoms with van der Waals surface area (Å²) >= 11 is 0. The lowest BCUT2D eigenvalue weighted by atomic mass is 10.1. The van der Waals surface area contributed by atoms with Crippen molar-refractivity contribution in [2.24, 2.45) is 0 Å². The minimum absolute atomic E-state index is 0.0245. The van der Waals surface area contributed by atoms with Gasteiger partial charge in [0, 0.05) is 24.7 Å². The molecule has 3 aromatic rings. The number of hydrogen-bond acceptors (Lipinski definition) is 5. The van der Waals surface area contributed by atoms with Gasteiger partial charge in [0.1, 0.15) is 5.82 Å². The SMILES string of the molecule is O=S(=O)(c1cccc(F)c1)c1cnc2c(N3CCCC(O)C3)cccc2c1. The Morgan fingerprint density at radius 3 is 2.70 bits per heavy atom. The van der Waals surface area contributed by atoms with Crippen LogP contribution in [0.25, 0.3) is 10.9 Å². The molecule has 27 heavy (non-hydrogen) atoms. The minimum atomic E-state index is -3.86. The average molecular weight is 386 g/mol. The fourth-order valence-corrected chi connectivity index (χ4v) is 4.74. The summed E-state index contributed by atoms with van der Waals surface area (Å²) < 4.78 is 39.1. The van der Waals surface area contributed by atoms with Crippen LogP contribution in [0.15, 0.2) is 64.5 Å². The van der Waals surface area contributed by atoms with Crippen LogP contribution in [0.2, 0.25) is 0 Å². The third kappa shape index (κ3) is 3.40. The van der Waals surface area contributed by atoms with Crippen molar-refractivity contribution in [1.29, 1.82) is 0 Å². The number of piperidine rings is 1. The molecule has 2 aromatic carbocycles. The van der Waals surface area contributed by atoms with Gasteiger partial charge in [-0.15, -0.1) is 0 Å². The molecule has 1 saturated heterocycles. The lowest BCUT2D eigenvalue weighted by Gasteiger charge is -2.32. The second kappa shape index (κ2) is 6.90. The fourth-order valence-electron chi connectivity index (χ4n) is 3.47. The van der Waals surface area contributed by atoms with E-state index in [0.717, 1.165) is 31.1 Å². The highest BCUT2D eigenvalue weighted by molar-refractivity contribution is 7.91. The summed E-state index contributed by atoms with van der Waals surface area (Å²) in [5, 5.41) is 10.6. The van der Waals surface area contributed by atoms with Crippen molar-refractivity contribution in [2.45, 2.75) is 28.7 Å². The van der Waals surface area contributed by atoms with Gasteiger partial charge in [-0.3, -0.25) is 4.98 Å². The number of para-hydroxylation sites is 1. The average Bonchev–Trinajstić information content (AvgIpc) is 2.67. The molecule has 140 valence electrons. The van der Waals surface area contributed by atoms with Crippen LogP contribution < -0.4 is 4.90 Å². The molecule has 2 heterocycles. The predicted molar refractivity (Wildman–Crippen MR) is 101 cm³/mol. The van der Waals surface area contributed by atoms with Crippen LogP contribution in [0.5, 0.6) is 0 Å². The Balaban J connectivity index is 1.77. The van der Waals surface area contributed by atoms with E-state index >= 15 is 0 Å². The van der Waals surface area contributed by atoms with Gasteiger partial charge < -0.3 is 10.0 Å². The Hall–Kier alpha value is -2.51. The van der Waals surface area contributed by atoms with Crippen molar-refractivity contribution in [1.82, 2.24) is 4.98 Å². The van der Waals surface area contributed by atoms with Crippen molar-refractivity contribution in [3.05, 3.63) is 60.5 Å². The van der Waals surface area contributed by atoms with Crippen molar-refractivity contribution in [2.75, 3.05) is 18.0 Å². The van der Waals surface area contributed by atoms with Crippen molar-refractivity contribution in [3.63, 3.8) is 0 Å². The number of aliphatic hydroxyl groups excluding tert-OH is 1. The van der Waals surface area contributed by atoms with Gasteiger partial charge in [0.05, 0.1) is 27.1 Å². The van der Waals surface area contributed by atoms with Gasteiger partial charge in [0.2, 0.25) is 9.84 Å². The highest BCUT2D eigenvalue weighted by Gasteiger charge is 2.22. The zero-order chi connectivity index (χ0) is 19.0. The van der Waals surface area contributed by atoms with E-state index in [1.165, 1.54) is 24.4 Å². The smallest absolute Gasteiger partial charge is 0.208 e. The van der Waals surface area contributed by atoms with Gasteiger partial charge in [0.25, 0.3) is 0 Å². The monoisotopic (exact) mass is 386 g/mol. The number of sulfone groups is 1. The lowest BCUT2D eigenvalue weighted by Crippen LogP contribution is -2.38. The minimum Gasteiger partial charge on any atom is -0.391 e. The van der Waals surface area contributed by atoms with Gasteiger partial charge in [-0.25, -0.2) is 12.8 Å². The number of pyridine rings is 1. The number of rotatable bonds is 3. The molecule has 1 unspecified atom stereocenters. The molecule has 5 nitrogen and oxygen atoms in total. The quantitative estimate of drug-likeness (QED) is 0.749. The first-order valence-corrected chi connectivity index (χ1v) is 10.3. The molecule has 0 saturated carbocycles. The summed E-state index contributed by atoms with van der Waals surface area (Å²) in [5.74, 6) is -0.601. The molecule has 1 aliphatic heterocycles. The van der Waals surface area contributed by atoms with Crippen LogP contribution in [-0.4, -0.2) is 37.7 Å². The summed E-state index contributed by atoms with van der Waals surface area (Å²) in [6, 6.07) is 12.1. The molecule has 7 heteroatoms. The van der Waals surface area contributed by atoms with E-state index in [2.05, 4.69) is 9.88 Å². The van der Waals surface area contributed by atoms with Crippen LogP contribution >= 0.6 is 0 Å². The van der Waals surface area contributed by atoms with E-state index in [1.54, 1.807) is 12.1 Å². The Kier molecular flexibility index (Phi) is 4.57. The van der Waals surface area contributed by atoms with Crippen LogP contribution in [0.1, 0.15) is 12.8 Å². The molecule has 0 bridgehead atoms. The fraction of sp³-hybridized carbons (Fsp3) is 0.250. The molecule has 1 N–H and O–H groups in total. The Morgan fingerprint density at radius 2 is 1.93 bits per heavy atom. The normalized spacial score (nSPS) is 18.0. The summed E-state index contributed by atoms with van der Waals surface area (Å²) in [5.41, 5.74) is 1.56. The number of nitrogens with zero attached hydrogens (tertiary/aromatic N) is 2. The van der Waals surface area contributed by atoms with Crippen molar-refractivity contribution < 1.29 is 17.9 Å². The third-order valence-electron chi connectivity index (χ3n) is 4.82. The van der Waals surface area contributed by atoms with E-state index in [9.17, 15) is 17.9 Å². The number of aliphatic hydroxyl groups is 1. The number of fused-ring (bicyclic) bond motifs is 1. The Bertz CT molecular complexity index is 1100. The standard InChI is InChI=1S/C20H19FN2O3S/c21-15-5-2-7-17(11-15)27(25,26)18-10-14-4-1-8-19(20(14)22-12-18)23-9-3-6-16(24)13-23/h1-2,4-5,7-8,10-12,16,24H,3,6,9,13H2. The maximum atomic E-state index is 13.5. The highest BCUT2D eigenvalue weighted by Crippen LogP contribution is 2.30. The summed E-state index contributed by atoms with van der Waals surface area (Å²) in [6.45, 7) is 1.35. The summed E-state index contributed by atoms with van der Waals surface area (Å²) in [7, 11) is -3.86. The topological polar surface area (TPSA) is 70.5 Å². The van der Waals surface area contributed by atoms with E-state index < -0.39 is 15.7 Å². The van der Waals surface area contributed by atoms with Crippen molar-refractivity contribution >= 4 is 26.4 Å². The molecule has 1 atom stereocenters. The number of aromatic nitrogens is 1. The van der Waals surface area contributed by atoms with Crippen LogP contribution in [0.4, 0.5) is 10.1 Å². The third-order valence-corrected chi connectivity index (χ3v) is 6.54. The van der Waals surface area contributed by atoms with E-state index in [-0.39, 0.29) is 15.9 Å². The molecular formula is C20H19FN2O3S. The molecule has 0 aliphatic carbocycles. The molecule has 4 rings (SSSR count). The summed E-state index contributed by atoms with van der Waals surface area (Å²) in [6.07, 6.45) is 2.61. The van der Waals surface area contributed by atoms with Gasteiger partial charge in [-0.2, -0.15) is 0 Å². The highest BCUT2D eigenvalue weighted by atomic mass is 32.2. The molecule has 1 aliphatic rings. The maximum Gasteiger partial charge on any atom is 0.208 e. The van der Waals surface area contributed by atoms with E-state index in [4.69, 9.17) is 0 Å². The molecule has 0 radical (unpaired) electrons. The van der Waals surface area contributed by atoms with E-state index in [1.807, 2.05) is 12.1 Å². The second-order valence-corrected chi connectivity index (χ2v) is 8.67. The molecule has 0 spiro atoms. The number of β-amino-alcohol motifs (C(OH)–C–C–N with tert-alkyl or cyclic N) is 1. The van der Waals surface area contributed by atoms with Crippen LogP contribution in [0.3, 0.4) is 0 Å². The van der Waals surface area contributed by atoms with E-state index in [0.29, 0.717) is 17.4 Å². The van der Waals surface area contributed by atoms with Gasteiger partial charge in [0.15, 0.2) is 0 Å². The first-order valence-electron chi connectivity index (χ1n) is 8.77. The Labute approximate surface area is 157 Å². The lowest BCUT2D eigenvalue weighted by molar-refractivity contribution is 0.154. The van der Waals surface area contributed by atoms with Crippen LogP contribution in [0, 0.1) is 5.82 Å². The van der Waals surface area contributed by atoms with Crippen molar-refractivity contribution in [3.8, 4) is 0 Å². The first kappa shape index (κ1) is 17.9. The number of halogens is 1. The van der Waals surface area contributed by atoms with Gasteiger partial charge in [-0.05, 0) is 43.2 Å². The Morgan fingerprint density at radius 1 is 1.11 bits per heavy atom. The maximum absolute atomic E-state index is 13.5. The second-order valence-electron chi connectivity index (χ2n) is 6.72. The zero-order valence-corrected chi connectivity index (χ0v) is 15.4. The first-order chi connectivity index (χ1) is 12.9. The number of anilines is 1. The number of benzene rings is 2. The molecule has 1 fully saturated rings. The largest absolute Gasteiger partial charge is 0.391 e. The predicted octanol–water partition coefficient (Wildman–Crippen LogP) is 3.17. The summed E-state index contributed by atoms with van der Waals surface area (Å²) in [4.78, 5) is 6.40. The van der Waals surface area contributed by atoms with Gasteiger partial charge >= 0.3 is 0 Å². The number of hydrogen-bond donors (Lipinski definition) is 1.